The zero-order chi connectivity index (χ0) is 18.4. The minimum atomic E-state index is -0.698. The van der Waals surface area contributed by atoms with E-state index in [0.29, 0.717) is 19.2 Å². The van der Waals surface area contributed by atoms with Gasteiger partial charge in [0.15, 0.2) is 0 Å². The second-order valence-electron chi connectivity index (χ2n) is 6.91. The van der Waals surface area contributed by atoms with Crippen molar-refractivity contribution in [1.82, 2.24) is 5.32 Å². The minimum Gasteiger partial charge on any atom is -0.386 e. The molecule has 0 aromatic heterocycles. The molecule has 0 amide bonds. The maximum absolute atomic E-state index is 11.1. The topological polar surface area (TPSA) is 41.5 Å². The van der Waals surface area contributed by atoms with Crippen LogP contribution in [0, 0.1) is 0 Å². The highest BCUT2D eigenvalue weighted by Gasteiger charge is 2.23. The van der Waals surface area contributed by atoms with Crippen molar-refractivity contribution in [2.24, 2.45) is 0 Å². The summed E-state index contributed by atoms with van der Waals surface area (Å²) in [5.74, 6) is 0. The number of aliphatic hydroxyl groups is 1. The fraction of sp³-hybridized carbons (Fsp3) is 0.304. The van der Waals surface area contributed by atoms with Crippen molar-refractivity contribution in [3.63, 3.8) is 0 Å². The highest BCUT2D eigenvalue weighted by Crippen LogP contribution is 2.28. The molecule has 0 saturated carbocycles. The molecule has 3 aromatic carbocycles. The van der Waals surface area contributed by atoms with Gasteiger partial charge in [-0.2, -0.15) is 0 Å². The molecule has 2 unspecified atom stereocenters. The first-order valence-corrected chi connectivity index (χ1v) is 9.20. The van der Waals surface area contributed by atoms with E-state index in [1.54, 1.807) is 0 Å². The Morgan fingerprint density at radius 2 is 1.58 bits per heavy atom. The van der Waals surface area contributed by atoms with Crippen LogP contribution in [0.4, 0.5) is 0 Å². The van der Waals surface area contributed by atoms with Crippen molar-refractivity contribution >= 4 is 10.8 Å². The van der Waals surface area contributed by atoms with Crippen LogP contribution in [-0.4, -0.2) is 23.8 Å². The van der Waals surface area contributed by atoms with Crippen LogP contribution in [0.15, 0.2) is 72.8 Å². The first-order valence-electron chi connectivity index (χ1n) is 9.20. The van der Waals surface area contributed by atoms with E-state index in [4.69, 9.17) is 4.74 Å². The summed E-state index contributed by atoms with van der Waals surface area (Å²) in [6, 6.07) is 24.6. The van der Waals surface area contributed by atoms with Crippen molar-refractivity contribution in [1.29, 1.82) is 0 Å². The smallest absolute Gasteiger partial charge is 0.107 e. The van der Waals surface area contributed by atoms with Gasteiger partial charge in [0.1, 0.15) is 12.2 Å². The molecular formula is C23H27NO2. The molecule has 136 valence electrons. The molecule has 3 rings (SSSR count). The lowest BCUT2D eigenvalue weighted by Gasteiger charge is -2.26. The summed E-state index contributed by atoms with van der Waals surface area (Å²) in [5, 5.41) is 16.7. The van der Waals surface area contributed by atoms with E-state index in [9.17, 15) is 5.11 Å². The molecule has 0 aliphatic carbocycles. The number of nitrogens with one attached hydrogen (secondary N) is 1. The van der Waals surface area contributed by atoms with Gasteiger partial charge in [-0.05, 0) is 21.9 Å². The molecule has 2 N–H and O–H groups in total. The molecule has 0 bridgehead atoms. The van der Waals surface area contributed by atoms with Crippen molar-refractivity contribution < 1.29 is 9.84 Å². The summed E-state index contributed by atoms with van der Waals surface area (Å²) < 4.78 is 6.13. The third-order valence-electron chi connectivity index (χ3n) is 4.53. The zero-order valence-corrected chi connectivity index (χ0v) is 15.4. The third-order valence-corrected chi connectivity index (χ3v) is 4.53. The van der Waals surface area contributed by atoms with E-state index in [-0.39, 0.29) is 6.10 Å². The molecule has 3 heteroatoms. The summed E-state index contributed by atoms with van der Waals surface area (Å²) in [5.41, 5.74) is 2.01. The predicted octanol–water partition coefficient (Wildman–Crippen LogP) is 4.46. The number of hydrogen-bond donors (Lipinski definition) is 2. The molecule has 3 nitrogen and oxygen atoms in total. The number of ether oxygens (including phenoxy) is 1. The minimum absolute atomic E-state index is 0.330. The van der Waals surface area contributed by atoms with Gasteiger partial charge in [0.2, 0.25) is 0 Å². The van der Waals surface area contributed by atoms with Gasteiger partial charge in [0.25, 0.3) is 0 Å². The van der Waals surface area contributed by atoms with Crippen molar-refractivity contribution in [2.75, 3.05) is 6.54 Å². The molecule has 0 radical (unpaired) electrons. The molecule has 0 saturated heterocycles. The van der Waals surface area contributed by atoms with E-state index in [1.165, 1.54) is 0 Å². The molecule has 0 aliphatic heterocycles. The third kappa shape index (κ3) is 4.70. The van der Waals surface area contributed by atoms with Crippen molar-refractivity contribution in [3.8, 4) is 0 Å². The van der Waals surface area contributed by atoms with Crippen LogP contribution in [0.25, 0.3) is 10.8 Å². The summed E-state index contributed by atoms with van der Waals surface area (Å²) in [6.07, 6.45) is -1.03. The Kier molecular flexibility index (Phi) is 6.40. The highest BCUT2D eigenvalue weighted by molar-refractivity contribution is 5.86. The predicted molar refractivity (Wildman–Crippen MR) is 107 cm³/mol. The Hall–Kier alpha value is -2.20. The number of aliphatic hydroxyl groups excluding tert-OH is 1. The van der Waals surface area contributed by atoms with Crippen LogP contribution in [0.3, 0.4) is 0 Å². The largest absolute Gasteiger partial charge is 0.386 e. The van der Waals surface area contributed by atoms with E-state index in [2.05, 4.69) is 37.4 Å². The summed E-state index contributed by atoms with van der Waals surface area (Å²) in [6.45, 7) is 5.26. The van der Waals surface area contributed by atoms with E-state index in [0.717, 1.165) is 21.9 Å². The van der Waals surface area contributed by atoms with Gasteiger partial charge in [-0.25, -0.2) is 0 Å². The van der Waals surface area contributed by atoms with Crippen molar-refractivity contribution in [3.05, 3.63) is 83.9 Å². The average Bonchev–Trinajstić information content (AvgIpc) is 2.67. The number of fused-ring (bicyclic) bond motifs is 1. The molecule has 3 aromatic rings. The molecule has 0 heterocycles. The van der Waals surface area contributed by atoms with E-state index in [1.807, 2.05) is 54.6 Å². The fourth-order valence-electron chi connectivity index (χ4n) is 3.10. The van der Waals surface area contributed by atoms with E-state index >= 15 is 0 Å². The molecule has 0 aliphatic rings. The van der Waals surface area contributed by atoms with Gasteiger partial charge in [-0.1, -0.05) is 86.6 Å². The second kappa shape index (κ2) is 8.95. The molecular weight excluding hydrogens is 322 g/mol. The maximum atomic E-state index is 11.1. The van der Waals surface area contributed by atoms with Gasteiger partial charge in [0, 0.05) is 12.6 Å². The molecule has 26 heavy (non-hydrogen) atoms. The zero-order valence-electron chi connectivity index (χ0n) is 15.4. The number of rotatable bonds is 8. The molecule has 2 atom stereocenters. The van der Waals surface area contributed by atoms with E-state index < -0.39 is 6.10 Å². The number of hydrogen-bond acceptors (Lipinski definition) is 3. The monoisotopic (exact) mass is 349 g/mol. The Balaban J connectivity index is 1.82. The Bertz CT molecular complexity index is 811. The summed E-state index contributed by atoms with van der Waals surface area (Å²) in [7, 11) is 0. The van der Waals surface area contributed by atoms with Gasteiger partial charge in [0.05, 0.1) is 6.61 Å². The average molecular weight is 349 g/mol. The first-order chi connectivity index (χ1) is 12.6. The van der Waals surface area contributed by atoms with Gasteiger partial charge >= 0.3 is 0 Å². The quantitative estimate of drug-likeness (QED) is 0.631. The van der Waals surface area contributed by atoms with Crippen LogP contribution < -0.4 is 5.32 Å². The maximum Gasteiger partial charge on any atom is 0.107 e. The normalized spacial score (nSPS) is 13.8. The van der Waals surface area contributed by atoms with Crippen LogP contribution in [0.1, 0.15) is 31.1 Å². The molecule has 0 spiro atoms. The fourth-order valence-corrected chi connectivity index (χ4v) is 3.10. The van der Waals surface area contributed by atoms with Gasteiger partial charge in [-0.15, -0.1) is 0 Å². The molecule has 0 fully saturated rings. The SMILES string of the molecule is CC(C)NCC(OCc1ccccc1)C(O)c1cccc2ccccc12. The first kappa shape index (κ1) is 18.6. The van der Waals surface area contributed by atoms with Crippen molar-refractivity contribution in [2.45, 2.75) is 38.7 Å². The summed E-state index contributed by atoms with van der Waals surface area (Å²) in [4.78, 5) is 0. The Morgan fingerprint density at radius 1 is 0.885 bits per heavy atom. The standard InChI is InChI=1S/C23H27NO2/c1-17(2)24-15-22(26-16-18-9-4-3-5-10-18)23(25)21-14-8-12-19-11-6-7-13-20(19)21/h3-14,17,22-25H,15-16H2,1-2H3. The summed E-state index contributed by atoms with van der Waals surface area (Å²) >= 11 is 0. The van der Waals surface area contributed by atoms with Crippen LogP contribution in [0.2, 0.25) is 0 Å². The lowest BCUT2D eigenvalue weighted by atomic mass is 9.97. The lowest BCUT2D eigenvalue weighted by molar-refractivity contribution is -0.0461. The Labute approximate surface area is 155 Å². The second-order valence-corrected chi connectivity index (χ2v) is 6.91. The van der Waals surface area contributed by atoms with Crippen LogP contribution in [0.5, 0.6) is 0 Å². The van der Waals surface area contributed by atoms with Crippen LogP contribution in [-0.2, 0) is 11.3 Å². The Morgan fingerprint density at radius 3 is 2.35 bits per heavy atom. The van der Waals surface area contributed by atoms with Crippen LogP contribution >= 0.6 is 0 Å². The highest BCUT2D eigenvalue weighted by atomic mass is 16.5. The lowest BCUT2D eigenvalue weighted by Crippen LogP contribution is -2.37. The van der Waals surface area contributed by atoms with Gasteiger partial charge < -0.3 is 15.2 Å². The number of benzene rings is 3. The van der Waals surface area contributed by atoms with Gasteiger partial charge in [-0.3, -0.25) is 0 Å².